The van der Waals surface area contributed by atoms with E-state index in [1.54, 1.807) is 0 Å². The largest absolute Gasteiger partial charge is 0.547 e. The molecule has 0 radical (unpaired) electrons. The second-order valence-electron chi connectivity index (χ2n) is 2.37. The van der Waals surface area contributed by atoms with Gasteiger partial charge < -0.3 is 46.7 Å². The standard InChI is InChI=1S/C6H10O7.H3N.H2O/c7-1-2(8)3(9)4(10)5(11)6(12)13;;/h1-5,8-11H,(H,12,13);1H3;1H2/t2-,3+,4-,5-;;/m0../s1. The van der Waals surface area contributed by atoms with Gasteiger partial charge in [-0.1, -0.05) is 0 Å². The van der Waals surface area contributed by atoms with Crippen molar-refractivity contribution < 1.29 is 40.6 Å². The number of aliphatic carboxylic acids is 1. The Bertz CT molecular complexity index is 198. The molecule has 0 aromatic carbocycles. The van der Waals surface area contributed by atoms with Gasteiger partial charge in [0.2, 0.25) is 0 Å². The zero-order valence-electron chi connectivity index (χ0n) is 7.90. The van der Waals surface area contributed by atoms with Gasteiger partial charge in [0, 0.05) is 0 Å². The van der Waals surface area contributed by atoms with E-state index in [0.717, 1.165) is 0 Å². The fraction of sp³-hybridized carbons (Fsp3) is 0.667. The van der Waals surface area contributed by atoms with E-state index in [9.17, 15) is 14.7 Å². The van der Waals surface area contributed by atoms with Crippen LogP contribution >= 0.6 is 0 Å². The highest BCUT2D eigenvalue weighted by molar-refractivity contribution is 5.70. The lowest BCUT2D eigenvalue weighted by molar-refractivity contribution is -0.320. The molecule has 0 aromatic heterocycles. The molecule has 10 N–H and O–H groups in total. The Balaban J connectivity index is -0.000000720. The molecule has 0 spiro atoms. The van der Waals surface area contributed by atoms with Crippen LogP contribution in [0.3, 0.4) is 0 Å². The topological polar surface area (TPSA) is 206 Å². The summed E-state index contributed by atoms with van der Waals surface area (Å²) in [4.78, 5) is 19.8. The summed E-state index contributed by atoms with van der Waals surface area (Å²) in [5.41, 5.74) is 0. The quantitative estimate of drug-likeness (QED) is 0.289. The highest BCUT2D eigenvalue weighted by atomic mass is 16.4. The SMILES string of the molecule is O.O=C[C@H](O)[C@@H](O)[C@H](O)[C@H](O)C(=O)[O-].[NH4+]. The molecule has 0 amide bonds. The lowest BCUT2D eigenvalue weighted by atomic mass is 10.0. The predicted molar refractivity (Wildman–Crippen MR) is 44.7 cm³/mol. The van der Waals surface area contributed by atoms with Crippen molar-refractivity contribution in [2.75, 3.05) is 0 Å². The molecule has 0 heterocycles. The fourth-order valence-electron chi connectivity index (χ4n) is 0.609. The summed E-state index contributed by atoms with van der Waals surface area (Å²) in [6, 6.07) is 0. The van der Waals surface area contributed by atoms with Crippen molar-refractivity contribution in [2.24, 2.45) is 0 Å². The lowest BCUT2D eigenvalue weighted by Gasteiger charge is -2.24. The van der Waals surface area contributed by atoms with Crippen molar-refractivity contribution in [1.82, 2.24) is 6.15 Å². The average Bonchev–Trinajstić information content (AvgIpc) is 2.12. The molecule has 9 nitrogen and oxygen atoms in total. The molecule has 0 aliphatic heterocycles. The smallest absolute Gasteiger partial charge is 0.151 e. The zero-order valence-corrected chi connectivity index (χ0v) is 7.90. The molecule has 92 valence electrons. The van der Waals surface area contributed by atoms with Gasteiger partial charge in [-0.15, -0.1) is 0 Å². The van der Waals surface area contributed by atoms with Crippen molar-refractivity contribution in [1.29, 1.82) is 0 Å². The first kappa shape index (κ1) is 19.5. The van der Waals surface area contributed by atoms with Gasteiger partial charge in [0.15, 0.2) is 6.29 Å². The molecule has 0 unspecified atom stereocenters. The molecular formula is C6H15NO8. The van der Waals surface area contributed by atoms with E-state index in [4.69, 9.17) is 20.4 Å². The van der Waals surface area contributed by atoms with Crippen LogP contribution in [-0.2, 0) is 9.59 Å². The van der Waals surface area contributed by atoms with Gasteiger partial charge in [-0.25, -0.2) is 0 Å². The summed E-state index contributed by atoms with van der Waals surface area (Å²) in [5, 5.41) is 44.8. The lowest BCUT2D eigenvalue weighted by Crippen LogP contribution is -2.52. The average molecular weight is 229 g/mol. The third kappa shape index (κ3) is 5.37. The normalized spacial score (nSPS) is 17.3. The van der Waals surface area contributed by atoms with Crippen LogP contribution in [0.1, 0.15) is 0 Å². The second-order valence-corrected chi connectivity index (χ2v) is 2.37. The fourth-order valence-corrected chi connectivity index (χ4v) is 0.609. The number of aldehydes is 1. The number of aliphatic hydroxyl groups is 4. The minimum Gasteiger partial charge on any atom is -0.547 e. The summed E-state index contributed by atoms with van der Waals surface area (Å²) < 4.78 is 0. The molecule has 0 rings (SSSR count). The molecule has 9 heteroatoms. The van der Waals surface area contributed by atoms with Gasteiger partial charge in [0.1, 0.15) is 24.4 Å². The van der Waals surface area contributed by atoms with E-state index in [-0.39, 0.29) is 17.9 Å². The maximum Gasteiger partial charge on any atom is 0.151 e. The third-order valence-corrected chi connectivity index (χ3v) is 1.40. The van der Waals surface area contributed by atoms with Crippen LogP contribution < -0.4 is 11.3 Å². The summed E-state index contributed by atoms with van der Waals surface area (Å²) in [7, 11) is 0. The van der Waals surface area contributed by atoms with Crippen LogP contribution in [0, 0.1) is 0 Å². The van der Waals surface area contributed by atoms with E-state index in [2.05, 4.69) is 0 Å². The molecule has 0 aromatic rings. The van der Waals surface area contributed by atoms with E-state index < -0.39 is 30.4 Å². The summed E-state index contributed by atoms with van der Waals surface area (Å²) in [6.45, 7) is 0. The Labute approximate surface area is 84.5 Å². The van der Waals surface area contributed by atoms with Gasteiger partial charge in [-0.2, -0.15) is 0 Å². The molecule has 0 aliphatic rings. The van der Waals surface area contributed by atoms with Gasteiger partial charge >= 0.3 is 0 Å². The number of carbonyl (C=O) groups is 2. The van der Waals surface area contributed by atoms with Crippen molar-refractivity contribution in [3.8, 4) is 0 Å². The third-order valence-electron chi connectivity index (χ3n) is 1.40. The molecule has 0 saturated heterocycles. The maximum atomic E-state index is 9.95. The van der Waals surface area contributed by atoms with Crippen LogP contribution in [0.25, 0.3) is 0 Å². The Kier molecular flexibility index (Phi) is 10.7. The van der Waals surface area contributed by atoms with Gasteiger partial charge in [-0.05, 0) is 0 Å². The number of hydrogen-bond acceptors (Lipinski definition) is 7. The molecular weight excluding hydrogens is 214 g/mol. The number of quaternary nitrogens is 1. The summed E-state index contributed by atoms with van der Waals surface area (Å²) >= 11 is 0. The molecule has 4 atom stereocenters. The van der Waals surface area contributed by atoms with Crippen molar-refractivity contribution in [3.63, 3.8) is 0 Å². The predicted octanol–water partition coefficient (Wildman–Crippen LogP) is -5.07. The van der Waals surface area contributed by atoms with Crippen LogP contribution in [0.4, 0.5) is 0 Å². The first-order valence-electron chi connectivity index (χ1n) is 3.30. The van der Waals surface area contributed by atoms with Gasteiger partial charge in [0.05, 0.1) is 5.97 Å². The van der Waals surface area contributed by atoms with Crippen LogP contribution in [-0.4, -0.2) is 62.6 Å². The van der Waals surface area contributed by atoms with Crippen LogP contribution in [0.15, 0.2) is 0 Å². The molecule has 0 aliphatic carbocycles. The number of carbonyl (C=O) groups excluding carboxylic acids is 2. The number of carboxylic acids is 1. The molecule has 0 bridgehead atoms. The first-order chi connectivity index (χ1) is 5.91. The molecule has 0 fully saturated rings. The van der Waals surface area contributed by atoms with E-state index >= 15 is 0 Å². The van der Waals surface area contributed by atoms with E-state index in [1.165, 1.54) is 0 Å². The highest BCUT2D eigenvalue weighted by Crippen LogP contribution is 2.03. The Morgan fingerprint density at radius 3 is 1.80 bits per heavy atom. The monoisotopic (exact) mass is 229 g/mol. The van der Waals surface area contributed by atoms with Crippen LogP contribution in [0.2, 0.25) is 0 Å². The Hall–Kier alpha value is -1.10. The Morgan fingerprint density at radius 2 is 1.53 bits per heavy atom. The second kappa shape index (κ2) is 8.23. The highest BCUT2D eigenvalue weighted by Gasteiger charge is 2.30. The van der Waals surface area contributed by atoms with Crippen molar-refractivity contribution in [3.05, 3.63) is 0 Å². The van der Waals surface area contributed by atoms with E-state index in [0.29, 0.717) is 0 Å². The number of hydrogen-bond donors (Lipinski definition) is 5. The van der Waals surface area contributed by atoms with Crippen LogP contribution in [0.5, 0.6) is 0 Å². The zero-order chi connectivity index (χ0) is 10.6. The van der Waals surface area contributed by atoms with Gasteiger partial charge in [0.25, 0.3) is 0 Å². The van der Waals surface area contributed by atoms with Crippen molar-refractivity contribution >= 4 is 12.3 Å². The number of aliphatic hydroxyl groups excluding tert-OH is 4. The Morgan fingerprint density at radius 1 is 1.13 bits per heavy atom. The number of rotatable bonds is 5. The van der Waals surface area contributed by atoms with E-state index in [1.807, 2.05) is 0 Å². The first-order valence-corrected chi connectivity index (χ1v) is 3.30. The summed E-state index contributed by atoms with van der Waals surface area (Å²) in [6.07, 6.45) is -8.65. The minimum atomic E-state index is -2.36. The molecule has 15 heavy (non-hydrogen) atoms. The number of carboxylic acid groups (broad SMARTS) is 1. The maximum absolute atomic E-state index is 9.95. The minimum absolute atomic E-state index is 0. The van der Waals surface area contributed by atoms with Gasteiger partial charge in [-0.3, -0.25) is 0 Å². The molecule has 0 saturated carbocycles. The summed E-state index contributed by atoms with van der Waals surface area (Å²) in [5.74, 6) is -2.01. The van der Waals surface area contributed by atoms with Crippen molar-refractivity contribution in [2.45, 2.75) is 24.4 Å².